The number of likely N-dealkylation sites (N-methyl/N-ethyl adjacent to an activating group) is 1. The number of aliphatic hydroxyl groups excluding tert-OH is 1. The molecule has 2 aromatic rings. The van der Waals surface area contributed by atoms with Crippen molar-refractivity contribution in [2.24, 2.45) is 11.3 Å². The van der Waals surface area contributed by atoms with Crippen LogP contribution >= 0.6 is 0 Å². The van der Waals surface area contributed by atoms with Crippen molar-refractivity contribution < 1.29 is 32.6 Å². The van der Waals surface area contributed by atoms with Crippen LogP contribution in [0.1, 0.15) is 46.6 Å². The minimum atomic E-state index is -4.09. The van der Waals surface area contributed by atoms with Gasteiger partial charge < -0.3 is 19.5 Å². The summed E-state index contributed by atoms with van der Waals surface area (Å²) >= 11 is 0. The van der Waals surface area contributed by atoms with E-state index in [-0.39, 0.29) is 56.0 Å². The van der Waals surface area contributed by atoms with Gasteiger partial charge in [0.25, 0.3) is 5.91 Å². The summed E-state index contributed by atoms with van der Waals surface area (Å²) in [6.45, 7) is 9.34. The summed E-state index contributed by atoms with van der Waals surface area (Å²) in [7, 11) is -0.616. The van der Waals surface area contributed by atoms with Crippen molar-refractivity contribution in [2.75, 3.05) is 40.5 Å². The van der Waals surface area contributed by atoms with Gasteiger partial charge in [-0.05, 0) is 49.5 Å². The highest BCUT2D eigenvalue weighted by molar-refractivity contribution is 7.89. The number of benzene rings is 2. The molecule has 12 heteroatoms. The fourth-order valence-electron chi connectivity index (χ4n) is 4.78. The number of nitrogens with one attached hydrogen (secondary N) is 1. The summed E-state index contributed by atoms with van der Waals surface area (Å²) in [5, 5.41) is 13.0. The molecule has 1 aliphatic heterocycles. The van der Waals surface area contributed by atoms with Gasteiger partial charge in [-0.3, -0.25) is 15.0 Å². The van der Waals surface area contributed by atoms with E-state index in [1.165, 1.54) is 21.4 Å². The third-order valence-corrected chi connectivity index (χ3v) is 8.49. The third kappa shape index (κ3) is 9.92. The van der Waals surface area contributed by atoms with Gasteiger partial charge in [0, 0.05) is 25.6 Å². The van der Waals surface area contributed by atoms with Crippen LogP contribution in [0.4, 0.5) is 0 Å². The van der Waals surface area contributed by atoms with Crippen LogP contribution in [-0.4, -0.2) is 92.2 Å². The number of amides is 2. The summed E-state index contributed by atoms with van der Waals surface area (Å²) < 4.78 is 39.8. The predicted molar refractivity (Wildman–Crippen MR) is 164 cm³/mol. The Bertz CT molecular complexity index is 1340. The fourth-order valence-corrected chi connectivity index (χ4v) is 6.41. The van der Waals surface area contributed by atoms with Gasteiger partial charge in [0.2, 0.25) is 22.7 Å². The minimum absolute atomic E-state index is 0.00385. The first-order valence-corrected chi connectivity index (χ1v) is 15.9. The monoisotopic (exact) mass is 618 g/mol. The number of nitrogens with zero attached hydrogens (tertiary/aromatic N) is 3. The number of sulfonamides is 1. The van der Waals surface area contributed by atoms with Crippen LogP contribution < -0.4 is 14.9 Å². The second-order valence-corrected chi connectivity index (χ2v) is 14.8. The number of ether oxygens (including phenoxy) is 2. The Morgan fingerprint density at radius 2 is 1.65 bits per heavy atom. The van der Waals surface area contributed by atoms with E-state index in [1.54, 1.807) is 25.1 Å². The molecule has 1 heterocycles. The van der Waals surface area contributed by atoms with E-state index >= 15 is 0 Å². The van der Waals surface area contributed by atoms with Crippen molar-refractivity contribution in [2.45, 2.75) is 64.5 Å². The topological polar surface area (TPSA) is 129 Å². The Morgan fingerprint density at radius 1 is 1.00 bits per heavy atom. The maximum Gasteiger partial charge on any atom is 0.252 e. The highest BCUT2D eigenvalue weighted by atomic mass is 32.2. The lowest BCUT2D eigenvalue weighted by Crippen LogP contribution is -2.60. The van der Waals surface area contributed by atoms with Gasteiger partial charge in [0.15, 0.2) is 11.5 Å². The Morgan fingerprint density at radius 3 is 2.26 bits per heavy atom. The van der Waals surface area contributed by atoms with Crippen molar-refractivity contribution in [3.8, 4) is 11.5 Å². The van der Waals surface area contributed by atoms with Gasteiger partial charge in [-0.15, -0.1) is 0 Å². The number of hydrogen-bond donors (Lipinski definition) is 2. The largest absolute Gasteiger partial charge is 0.454 e. The molecule has 1 aliphatic rings. The van der Waals surface area contributed by atoms with Crippen LogP contribution in [0.25, 0.3) is 0 Å². The minimum Gasteiger partial charge on any atom is -0.454 e. The molecule has 0 radical (unpaired) electrons. The van der Waals surface area contributed by atoms with Crippen LogP contribution in [-0.2, 0) is 26.0 Å². The SMILES string of the molecule is CC(C)CN(C[C@@H](O)[C@H](Cc1ccccc1)N(NC(=O)CN(C)C)C(=O)CC(C)(C)C)S(=O)(=O)c1ccc2c(c1)OCO2. The number of aliphatic hydroxyl groups is 1. The van der Waals surface area contributed by atoms with Gasteiger partial charge in [-0.1, -0.05) is 65.0 Å². The Labute approximate surface area is 255 Å². The molecule has 2 atom stereocenters. The van der Waals surface area contributed by atoms with Crippen LogP contribution in [0, 0.1) is 11.3 Å². The molecule has 11 nitrogen and oxygen atoms in total. The number of carbonyl (C=O) groups is 2. The molecule has 0 aromatic heterocycles. The molecule has 238 valence electrons. The molecule has 2 aromatic carbocycles. The molecule has 0 fully saturated rings. The zero-order valence-electron chi connectivity index (χ0n) is 26.2. The molecular weight excluding hydrogens is 572 g/mol. The quantitative estimate of drug-likeness (QED) is 0.328. The molecule has 0 saturated heterocycles. The molecule has 0 aliphatic carbocycles. The van der Waals surface area contributed by atoms with E-state index in [0.717, 1.165) is 5.56 Å². The zero-order valence-corrected chi connectivity index (χ0v) is 27.1. The number of hydrogen-bond acceptors (Lipinski definition) is 8. The summed E-state index contributed by atoms with van der Waals surface area (Å²) in [6.07, 6.45) is -1.08. The van der Waals surface area contributed by atoms with Crippen LogP contribution in [0.2, 0.25) is 0 Å². The van der Waals surface area contributed by atoms with Crippen LogP contribution in [0.15, 0.2) is 53.4 Å². The zero-order chi connectivity index (χ0) is 31.9. The lowest BCUT2D eigenvalue weighted by molar-refractivity contribution is -0.149. The molecule has 2 amide bonds. The summed E-state index contributed by atoms with van der Waals surface area (Å²) in [5.74, 6) is -0.0884. The van der Waals surface area contributed by atoms with Crippen LogP contribution in [0.3, 0.4) is 0 Å². The van der Waals surface area contributed by atoms with Gasteiger partial charge in [-0.2, -0.15) is 4.31 Å². The number of hydrazine groups is 1. The lowest BCUT2D eigenvalue weighted by atomic mass is 9.91. The highest BCUT2D eigenvalue weighted by Gasteiger charge is 2.37. The first-order valence-electron chi connectivity index (χ1n) is 14.4. The fraction of sp³-hybridized carbons (Fsp3) is 0.548. The predicted octanol–water partition coefficient (Wildman–Crippen LogP) is 2.89. The van der Waals surface area contributed by atoms with Crippen molar-refractivity contribution >= 4 is 21.8 Å². The standard InChI is InChI=1S/C31H46N4O7S/c1-22(2)18-34(43(39,40)24-13-14-27-28(16-24)42-21-41-27)19-26(36)25(15-23-11-9-8-10-12-23)35(30(38)17-31(3,4)5)32-29(37)20-33(6)7/h8-14,16,22,25-26,36H,15,17-21H2,1-7H3,(H,32,37)/t25-,26+/m0/s1. The molecular formula is C31H46N4O7S. The second kappa shape index (κ2) is 14.5. The average molecular weight is 619 g/mol. The third-order valence-electron chi connectivity index (χ3n) is 6.66. The normalized spacial score (nSPS) is 14.7. The van der Waals surface area contributed by atoms with Gasteiger partial charge in [-0.25, -0.2) is 13.4 Å². The van der Waals surface area contributed by atoms with Crippen LogP contribution in [0.5, 0.6) is 11.5 Å². The van der Waals surface area contributed by atoms with Gasteiger partial charge >= 0.3 is 0 Å². The molecule has 0 spiro atoms. The van der Waals surface area contributed by atoms with E-state index in [2.05, 4.69) is 5.43 Å². The highest BCUT2D eigenvalue weighted by Crippen LogP contribution is 2.35. The lowest BCUT2D eigenvalue weighted by Gasteiger charge is -2.38. The summed E-state index contributed by atoms with van der Waals surface area (Å²) in [5.41, 5.74) is 3.14. The average Bonchev–Trinajstić information content (AvgIpc) is 3.37. The van der Waals surface area contributed by atoms with Crippen molar-refractivity contribution in [1.29, 1.82) is 0 Å². The second-order valence-electron chi connectivity index (χ2n) is 12.8. The van der Waals surface area contributed by atoms with Gasteiger partial charge in [0.05, 0.1) is 23.6 Å². The number of fused-ring (bicyclic) bond motifs is 1. The number of carbonyl (C=O) groups excluding carboxylic acids is 2. The molecule has 0 unspecified atom stereocenters. The maximum absolute atomic E-state index is 13.9. The van der Waals surface area contributed by atoms with Gasteiger partial charge in [0.1, 0.15) is 0 Å². The van der Waals surface area contributed by atoms with E-state index < -0.39 is 33.5 Å². The Hall–Kier alpha value is -3.19. The molecule has 0 saturated carbocycles. The van der Waals surface area contributed by atoms with Crippen molar-refractivity contribution in [3.05, 3.63) is 54.1 Å². The number of rotatable bonds is 13. The molecule has 3 rings (SSSR count). The van der Waals surface area contributed by atoms with Crippen molar-refractivity contribution in [3.63, 3.8) is 0 Å². The maximum atomic E-state index is 13.9. The first-order chi connectivity index (χ1) is 20.1. The molecule has 2 N–H and O–H groups in total. The Balaban J connectivity index is 2.02. The van der Waals surface area contributed by atoms with E-state index in [1.807, 2.05) is 65.0 Å². The molecule has 43 heavy (non-hydrogen) atoms. The van der Waals surface area contributed by atoms with Crippen molar-refractivity contribution in [1.82, 2.24) is 19.6 Å². The smallest absolute Gasteiger partial charge is 0.252 e. The summed E-state index contributed by atoms with van der Waals surface area (Å²) in [4.78, 5) is 28.4. The molecule has 0 bridgehead atoms. The first kappa shape index (κ1) is 34.3. The van der Waals surface area contributed by atoms with E-state index in [0.29, 0.717) is 11.5 Å². The van der Waals surface area contributed by atoms with E-state index in [9.17, 15) is 23.1 Å². The summed E-state index contributed by atoms with van der Waals surface area (Å²) in [6, 6.07) is 12.7. The Kier molecular flexibility index (Phi) is 11.6. The van der Waals surface area contributed by atoms with E-state index in [4.69, 9.17) is 9.47 Å².